The zero-order valence-electron chi connectivity index (χ0n) is 22.2. The number of ether oxygens (including phenoxy) is 5. The number of hydrogen-bond donors (Lipinski definition) is 0. The van der Waals surface area contributed by atoms with Crippen LogP contribution in [0.2, 0.25) is 0 Å². The van der Waals surface area contributed by atoms with Crippen LogP contribution in [0.3, 0.4) is 0 Å². The molecule has 2 heterocycles. The molecular formula is C32H34O6S. The van der Waals surface area contributed by atoms with Crippen LogP contribution in [0.25, 0.3) is 0 Å². The first-order valence-corrected chi connectivity index (χ1v) is 14.1. The van der Waals surface area contributed by atoms with E-state index in [1.807, 2.05) is 97.9 Å². The molecule has 1 fully saturated rings. The van der Waals surface area contributed by atoms with Crippen LogP contribution in [0.5, 0.6) is 0 Å². The molecule has 39 heavy (non-hydrogen) atoms. The second kappa shape index (κ2) is 13.4. The van der Waals surface area contributed by atoms with Crippen molar-refractivity contribution in [1.29, 1.82) is 0 Å². The number of rotatable bonds is 11. The lowest BCUT2D eigenvalue weighted by Crippen LogP contribution is -2.60. The van der Waals surface area contributed by atoms with Gasteiger partial charge in [-0.1, -0.05) is 91.0 Å². The number of carbonyl (C=O) groups is 1. The van der Waals surface area contributed by atoms with E-state index in [9.17, 15) is 4.79 Å². The highest BCUT2D eigenvalue weighted by atomic mass is 32.2. The van der Waals surface area contributed by atoms with Gasteiger partial charge in [-0.25, -0.2) is 0 Å². The number of hydrogen-bond acceptors (Lipinski definition) is 7. The van der Waals surface area contributed by atoms with Crippen LogP contribution in [0, 0.1) is 0 Å². The summed E-state index contributed by atoms with van der Waals surface area (Å²) < 4.78 is 32.0. The average Bonchev–Trinajstić information content (AvgIpc) is 2.96. The summed E-state index contributed by atoms with van der Waals surface area (Å²) in [6.07, 6.45) is -1.90. The predicted molar refractivity (Wildman–Crippen MR) is 151 cm³/mol. The molecule has 1 saturated heterocycles. The summed E-state index contributed by atoms with van der Waals surface area (Å²) in [4.78, 5) is 13.0. The van der Waals surface area contributed by atoms with E-state index < -0.39 is 24.6 Å². The van der Waals surface area contributed by atoms with Gasteiger partial charge in [0.05, 0.1) is 31.3 Å². The van der Waals surface area contributed by atoms with Gasteiger partial charge in [-0.05, 0) is 30.5 Å². The van der Waals surface area contributed by atoms with Gasteiger partial charge in [0.2, 0.25) is 6.29 Å². The van der Waals surface area contributed by atoms with Crippen LogP contribution in [0.1, 0.15) is 30.5 Å². The van der Waals surface area contributed by atoms with Crippen LogP contribution in [-0.2, 0) is 48.3 Å². The monoisotopic (exact) mass is 546 g/mol. The van der Waals surface area contributed by atoms with Gasteiger partial charge in [0.15, 0.2) is 5.78 Å². The van der Waals surface area contributed by atoms with E-state index in [4.69, 9.17) is 23.7 Å². The SMILES string of the molecule is CC(=O)C1=C(C)O[C@H]2O[C@H](COCc3ccccc3)[C@@H](OCc3ccccc3)[C@@H](OCc3ccccc3)[C@H]2S1. The van der Waals surface area contributed by atoms with Crippen molar-refractivity contribution in [3.8, 4) is 0 Å². The van der Waals surface area contributed by atoms with Gasteiger partial charge < -0.3 is 23.7 Å². The van der Waals surface area contributed by atoms with Gasteiger partial charge in [0, 0.05) is 0 Å². The average molecular weight is 547 g/mol. The lowest BCUT2D eigenvalue weighted by Gasteiger charge is -2.47. The molecule has 0 bridgehead atoms. The van der Waals surface area contributed by atoms with Crippen LogP contribution >= 0.6 is 11.8 Å². The third kappa shape index (κ3) is 7.18. The van der Waals surface area contributed by atoms with Crippen molar-refractivity contribution in [2.45, 2.75) is 63.5 Å². The third-order valence-electron chi connectivity index (χ3n) is 6.74. The number of allylic oxidation sites excluding steroid dienone is 2. The van der Waals surface area contributed by atoms with Gasteiger partial charge in [-0.3, -0.25) is 4.79 Å². The van der Waals surface area contributed by atoms with Gasteiger partial charge in [-0.2, -0.15) is 0 Å². The van der Waals surface area contributed by atoms with E-state index in [0.29, 0.717) is 37.1 Å². The van der Waals surface area contributed by atoms with E-state index in [0.717, 1.165) is 16.7 Å². The van der Waals surface area contributed by atoms with Gasteiger partial charge in [0.25, 0.3) is 0 Å². The van der Waals surface area contributed by atoms with Crippen LogP contribution in [-0.4, -0.2) is 42.2 Å². The number of Topliss-reactive ketones (excluding diaryl/α,β-unsaturated/α-hetero) is 1. The molecule has 5 atom stereocenters. The van der Waals surface area contributed by atoms with E-state index in [1.54, 1.807) is 6.92 Å². The van der Waals surface area contributed by atoms with Crippen molar-refractivity contribution in [2.24, 2.45) is 0 Å². The van der Waals surface area contributed by atoms with Gasteiger partial charge >= 0.3 is 0 Å². The largest absolute Gasteiger partial charge is 0.467 e. The minimum Gasteiger partial charge on any atom is -0.467 e. The molecule has 2 aliphatic rings. The number of thioether (sulfide) groups is 1. The summed E-state index contributed by atoms with van der Waals surface area (Å²) in [5, 5.41) is -0.289. The molecule has 3 aromatic carbocycles. The lowest BCUT2D eigenvalue weighted by atomic mass is 10.00. The Bertz CT molecular complexity index is 1230. The minimum atomic E-state index is -0.597. The molecule has 0 aliphatic carbocycles. The van der Waals surface area contributed by atoms with E-state index >= 15 is 0 Å². The zero-order valence-corrected chi connectivity index (χ0v) is 23.0. The van der Waals surface area contributed by atoms with Crippen LogP contribution < -0.4 is 0 Å². The molecule has 5 rings (SSSR count). The maximum atomic E-state index is 12.4. The number of benzene rings is 3. The molecule has 0 N–H and O–H groups in total. The van der Waals surface area contributed by atoms with Crippen molar-refractivity contribution in [3.63, 3.8) is 0 Å². The molecule has 0 amide bonds. The molecule has 2 aliphatic heterocycles. The lowest BCUT2D eigenvalue weighted by molar-refractivity contribution is -0.266. The molecule has 0 unspecified atom stereocenters. The Kier molecular flexibility index (Phi) is 9.50. The first-order valence-electron chi connectivity index (χ1n) is 13.2. The number of carbonyl (C=O) groups excluding carboxylic acids is 1. The molecule has 0 saturated carbocycles. The zero-order chi connectivity index (χ0) is 27.0. The fourth-order valence-electron chi connectivity index (χ4n) is 4.80. The van der Waals surface area contributed by atoms with Crippen LogP contribution in [0.15, 0.2) is 102 Å². The Labute approximate surface area is 234 Å². The molecule has 7 heteroatoms. The fourth-order valence-corrected chi connectivity index (χ4v) is 6.05. The minimum absolute atomic E-state index is 0.0344. The highest BCUT2D eigenvalue weighted by Gasteiger charge is 2.51. The summed E-state index contributed by atoms with van der Waals surface area (Å²) in [7, 11) is 0. The van der Waals surface area contributed by atoms with Crippen molar-refractivity contribution < 1.29 is 28.5 Å². The summed E-state index contributed by atoms with van der Waals surface area (Å²) in [5.74, 6) is 0.538. The second-order valence-electron chi connectivity index (χ2n) is 9.71. The molecule has 0 aromatic heterocycles. The van der Waals surface area contributed by atoms with E-state index in [2.05, 4.69) is 0 Å². The van der Waals surface area contributed by atoms with Gasteiger partial charge in [0.1, 0.15) is 29.3 Å². The normalized spacial score (nSPS) is 24.6. The summed E-state index contributed by atoms with van der Waals surface area (Å²) in [5.41, 5.74) is 3.19. The van der Waals surface area contributed by atoms with E-state index in [-0.39, 0.29) is 11.0 Å². The predicted octanol–water partition coefficient (Wildman–Crippen LogP) is 6.05. The maximum absolute atomic E-state index is 12.4. The smallest absolute Gasteiger partial charge is 0.214 e. The summed E-state index contributed by atoms with van der Waals surface area (Å²) in [6.45, 7) is 4.92. The van der Waals surface area contributed by atoms with Gasteiger partial charge in [-0.15, -0.1) is 11.8 Å². The van der Waals surface area contributed by atoms with Crippen molar-refractivity contribution >= 4 is 17.5 Å². The Morgan fingerprint density at radius 3 is 1.82 bits per heavy atom. The first-order chi connectivity index (χ1) is 19.1. The van der Waals surface area contributed by atoms with Crippen molar-refractivity contribution in [1.82, 2.24) is 0 Å². The second-order valence-corrected chi connectivity index (χ2v) is 10.9. The number of fused-ring (bicyclic) bond motifs is 1. The Balaban J connectivity index is 1.40. The summed E-state index contributed by atoms with van der Waals surface area (Å²) >= 11 is 1.46. The topological polar surface area (TPSA) is 63.2 Å². The Morgan fingerprint density at radius 1 is 0.769 bits per heavy atom. The molecule has 6 nitrogen and oxygen atoms in total. The fraction of sp³-hybridized carbons (Fsp3) is 0.344. The maximum Gasteiger partial charge on any atom is 0.214 e. The number of ketones is 1. The molecule has 0 radical (unpaired) electrons. The highest BCUT2D eigenvalue weighted by Crippen LogP contribution is 2.43. The highest BCUT2D eigenvalue weighted by molar-refractivity contribution is 8.04. The molecule has 204 valence electrons. The molecule has 3 aromatic rings. The quantitative estimate of drug-likeness (QED) is 0.290. The van der Waals surface area contributed by atoms with Crippen LogP contribution in [0.4, 0.5) is 0 Å². The Hall–Kier alpha value is -2.94. The molecular weight excluding hydrogens is 512 g/mol. The van der Waals surface area contributed by atoms with Crippen molar-refractivity contribution in [3.05, 3.63) is 118 Å². The first kappa shape index (κ1) is 27.6. The van der Waals surface area contributed by atoms with Crippen molar-refractivity contribution in [2.75, 3.05) is 6.61 Å². The third-order valence-corrected chi connectivity index (χ3v) is 8.32. The Morgan fingerprint density at radius 2 is 1.28 bits per heavy atom. The molecule has 0 spiro atoms. The standard InChI is InChI=1S/C32H34O6S/c1-22(33)30-23(2)37-32-31(39-30)29(36-20-26-16-10-5-11-17-26)28(35-19-25-14-8-4-9-15-25)27(38-32)21-34-18-24-12-6-3-7-13-24/h3-17,27-29,31-32H,18-21H2,1-2H3/t27-,28-,29-,31-,32+/m1/s1. The van der Waals surface area contributed by atoms with E-state index in [1.165, 1.54) is 11.8 Å². The summed E-state index contributed by atoms with van der Waals surface area (Å²) in [6, 6.07) is 30.1.